The second-order valence-corrected chi connectivity index (χ2v) is 3.93. The lowest BCUT2D eigenvalue weighted by Gasteiger charge is -2.13. The van der Waals surface area contributed by atoms with Crippen LogP contribution in [-0.4, -0.2) is 23.9 Å². The zero-order chi connectivity index (χ0) is 13.7. The number of carbonyl (C=O) groups excluding carboxylic acids is 1. The monoisotopic (exact) mass is 253 g/mol. The number of nitro groups is 1. The van der Waals surface area contributed by atoms with Gasteiger partial charge in [-0.15, -0.1) is 0 Å². The van der Waals surface area contributed by atoms with Crippen molar-refractivity contribution in [2.75, 3.05) is 7.11 Å². The highest BCUT2D eigenvalue weighted by molar-refractivity contribution is 5.76. The van der Waals surface area contributed by atoms with E-state index in [1.54, 1.807) is 13.0 Å². The van der Waals surface area contributed by atoms with E-state index in [2.05, 4.69) is 0 Å². The molecule has 0 aliphatic heterocycles. The van der Waals surface area contributed by atoms with E-state index in [0.29, 0.717) is 5.75 Å². The summed E-state index contributed by atoms with van der Waals surface area (Å²) >= 11 is 0. The summed E-state index contributed by atoms with van der Waals surface area (Å²) < 4.78 is 10.3. The number of nitrogens with zero attached hydrogens (tertiary/aromatic N) is 1. The third-order valence-electron chi connectivity index (χ3n) is 2.27. The van der Waals surface area contributed by atoms with Gasteiger partial charge in [-0.05, 0) is 26.0 Å². The minimum absolute atomic E-state index is 0.0290. The minimum Gasteiger partial charge on any atom is -0.496 e. The Labute approximate surface area is 105 Å². The predicted octanol–water partition coefficient (Wildman–Crippen LogP) is 2.35. The van der Waals surface area contributed by atoms with E-state index in [1.165, 1.54) is 26.2 Å². The van der Waals surface area contributed by atoms with E-state index < -0.39 is 11.0 Å². The Morgan fingerprint density at radius 1 is 1.50 bits per heavy atom. The molecule has 1 aromatic rings. The molecule has 0 spiro atoms. The second-order valence-electron chi connectivity index (χ2n) is 3.93. The Bertz CT molecular complexity index is 458. The fraction of sp³-hybridized carbons (Fsp3) is 0.417. The first kappa shape index (κ1) is 14.0. The summed E-state index contributed by atoms with van der Waals surface area (Å²) in [5.74, 6) is 0.487. The van der Waals surface area contributed by atoms with Crippen molar-refractivity contribution in [2.24, 2.45) is 0 Å². The molecule has 1 atom stereocenters. The predicted molar refractivity (Wildman–Crippen MR) is 65.0 cm³/mol. The highest BCUT2D eigenvalue weighted by Crippen LogP contribution is 2.31. The van der Waals surface area contributed by atoms with Crippen LogP contribution in [0.25, 0.3) is 0 Å². The molecule has 0 radical (unpaired) electrons. The first-order valence-electron chi connectivity index (χ1n) is 5.42. The zero-order valence-corrected chi connectivity index (χ0v) is 10.5. The number of ketones is 1. The maximum absolute atomic E-state index is 10.9. The summed E-state index contributed by atoms with van der Waals surface area (Å²) in [7, 11) is 1.43. The number of methoxy groups -OCH3 is 1. The van der Waals surface area contributed by atoms with Crippen LogP contribution in [-0.2, 0) is 4.79 Å². The lowest BCUT2D eigenvalue weighted by atomic mass is 10.2. The lowest BCUT2D eigenvalue weighted by molar-refractivity contribution is -0.386. The van der Waals surface area contributed by atoms with Crippen LogP contribution in [0, 0.1) is 10.1 Å². The number of rotatable bonds is 6. The fourth-order valence-corrected chi connectivity index (χ4v) is 1.53. The lowest BCUT2D eigenvalue weighted by Crippen LogP contribution is -2.16. The summed E-state index contributed by atoms with van der Waals surface area (Å²) in [5.41, 5.74) is -0.176. The molecular weight excluding hydrogens is 238 g/mol. The number of carbonyl (C=O) groups is 1. The topological polar surface area (TPSA) is 78.7 Å². The molecule has 6 nitrogen and oxygen atoms in total. The highest BCUT2D eigenvalue weighted by atomic mass is 16.6. The number of Topliss-reactive ketones (excluding diaryl/α,β-unsaturated/α-hetero) is 1. The van der Waals surface area contributed by atoms with E-state index in [-0.39, 0.29) is 23.6 Å². The summed E-state index contributed by atoms with van der Waals surface area (Å²) in [6.07, 6.45) is -0.196. The average molecular weight is 253 g/mol. The van der Waals surface area contributed by atoms with Gasteiger partial charge in [-0.25, -0.2) is 0 Å². The van der Waals surface area contributed by atoms with Gasteiger partial charge < -0.3 is 9.47 Å². The summed E-state index contributed by atoms with van der Waals surface area (Å²) in [6.45, 7) is 3.14. The van der Waals surface area contributed by atoms with Crippen LogP contribution in [0.2, 0.25) is 0 Å². The molecule has 0 N–H and O–H groups in total. The van der Waals surface area contributed by atoms with Gasteiger partial charge in [0.2, 0.25) is 0 Å². The van der Waals surface area contributed by atoms with Crippen LogP contribution < -0.4 is 9.47 Å². The molecule has 0 heterocycles. The summed E-state index contributed by atoms with van der Waals surface area (Å²) in [4.78, 5) is 21.3. The molecule has 0 saturated heterocycles. The third-order valence-corrected chi connectivity index (χ3v) is 2.27. The van der Waals surface area contributed by atoms with E-state index in [9.17, 15) is 14.9 Å². The fourth-order valence-electron chi connectivity index (χ4n) is 1.53. The van der Waals surface area contributed by atoms with Gasteiger partial charge in [-0.1, -0.05) is 0 Å². The van der Waals surface area contributed by atoms with Crippen LogP contribution >= 0.6 is 0 Å². The number of hydrogen-bond donors (Lipinski definition) is 0. The van der Waals surface area contributed by atoms with Gasteiger partial charge in [0.1, 0.15) is 17.6 Å². The number of benzene rings is 1. The molecule has 0 aliphatic carbocycles. The summed E-state index contributed by atoms with van der Waals surface area (Å²) in [5, 5.41) is 10.9. The normalized spacial score (nSPS) is 11.7. The zero-order valence-electron chi connectivity index (χ0n) is 10.5. The molecule has 0 bridgehead atoms. The van der Waals surface area contributed by atoms with E-state index in [0.717, 1.165) is 0 Å². The van der Waals surface area contributed by atoms with Gasteiger partial charge >= 0.3 is 5.69 Å². The van der Waals surface area contributed by atoms with Crippen molar-refractivity contribution in [1.29, 1.82) is 0 Å². The molecule has 0 saturated carbocycles. The molecule has 0 aliphatic rings. The Morgan fingerprint density at radius 3 is 2.67 bits per heavy atom. The maximum Gasteiger partial charge on any atom is 0.314 e. The van der Waals surface area contributed by atoms with Crippen molar-refractivity contribution in [2.45, 2.75) is 26.4 Å². The van der Waals surface area contributed by atoms with E-state index >= 15 is 0 Å². The van der Waals surface area contributed by atoms with E-state index in [4.69, 9.17) is 9.47 Å². The second kappa shape index (κ2) is 6.00. The van der Waals surface area contributed by atoms with Gasteiger partial charge in [0, 0.05) is 6.42 Å². The SMILES string of the molecule is COc1ccc(OC(C)CC(C)=O)c([N+](=O)[O-])c1. The molecule has 18 heavy (non-hydrogen) atoms. The molecule has 1 rings (SSSR count). The van der Waals surface area contributed by atoms with Crippen LogP contribution in [0.4, 0.5) is 5.69 Å². The Kier molecular flexibility index (Phi) is 4.65. The molecule has 1 unspecified atom stereocenters. The molecule has 6 heteroatoms. The largest absolute Gasteiger partial charge is 0.496 e. The Morgan fingerprint density at radius 2 is 2.17 bits per heavy atom. The molecule has 98 valence electrons. The van der Waals surface area contributed by atoms with Gasteiger partial charge in [0.15, 0.2) is 5.75 Å². The van der Waals surface area contributed by atoms with Crippen LogP contribution in [0.1, 0.15) is 20.3 Å². The van der Waals surface area contributed by atoms with Crippen LogP contribution in [0.5, 0.6) is 11.5 Å². The van der Waals surface area contributed by atoms with Crippen molar-refractivity contribution in [3.8, 4) is 11.5 Å². The molecule has 0 fully saturated rings. The molecule has 0 amide bonds. The minimum atomic E-state index is -0.543. The van der Waals surface area contributed by atoms with Gasteiger partial charge in [-0.2, -0.15) is 0 Å². The molecule has 1 aromatic carbocycles. The Hall–Kier alpha value is -2.11. The summed E-state index contributed by atoms with van der Waals surface area (Å²) in [6, 6.07) is 4.33. The first-order valence-corrected chi connectivity index (χ1v) is 5.42. The number of hydrogen-bond acceptors (Lipinski definition) is 5. The Balaban J connectivity index is 2.94. The quantitative estimate of drug-likeness (QED) is 0.574. The standard InChI is InChI=1S/C12H15NO5/c1-8(14)6-9(2)18-12-5-4-10(17-3)7-11(12)13(15)16/h4-5,7,9H,6H2,1-3H3. The van der Waals surface area contributed by atoms with Crippen molar-refractivity contribution < 1.29 is 19.2 Å². The molecule has 0 aromatic heterocycles. The van der Waals surface area contributed by atoms with Crippen molar-refractivity contribution in [3.63, 3.8) is 0 Å². The maximum atomic E-state index is 10.9. The number of nitro benzene ring substituents is 1. The van der Waals surface area contributed by atoms with Crippen LogP contribution in [0.3, 0.4) is 0 Å². The van der Waals surface area contributed by atoms with Crippen LogP contribution in [0.15, 0.2) is 18.2 Å². The van der Waals surface area contributed by atoms with Crippen molar-refractivity contribution in [1.82, 2.24) is 0 Å². The third kappa shape index (κ3) is 3.73. The number of ether oxygens (including phenoxy) is 2. The molecular formula is C12H15NO5. The van der Waals surface area contributed by atoms with Gasteiger partial charge in [0.25, 0.3) is 0 Å². The van der Waals surface area contributed by atoms with E-state index in [1.807, 2.05) is 0 Å². The highest BCUT2D eigenvalue weighted by Gasteiger charge is 2.19. The van der Waals surface area contributed by atoms with Crippen molar-refractivity contribution in [3.05, 3.63) is 28.3 Å². The van der Waals surface area contributed by atoms with Gasteiger partial charge in [-0.3, -0.25) is 14.9 Å². The average Bonchev–Trinajstić information content (AvgIpc) is 2.28. The smallest absolute Gasteiger partial charge is 0.314 e. The first-order chi connectivity index (χ1) is 8.43. The van der Waals surface area contributed by atoms with Crippen molar-refractivity contribution >= 4 is 11.5 Å². The van der Waals surface area contributed by atoms with Gasteiger partial charge in [0.05, 0.1) is 18.1 Å².